The van der Waals surface area contributed by atoms with Gasteiger partial charge >= 0.3 is 12.1 Å². The Morgan fingerprint density at radius 3 is 2.30 bits per heavy atom. The fourth-order valence-corrected chi connectivity index (χ4v) is 6.06. The van der Waals surface area contributed by atoms with E-state index in [0.29, 0.717) is 10.6 Å². The minimum Gasteiger partial charge on any atom is -0.478 e. The number of hydrogen-bond donors (Lipinski definition) is 1. The quantitative estimate of drug-likeness (QED) is 0.512. The van der Waals surface area contributed by atoms with Crippen LogP contribution < -0.4 is 4.31 Å². The van der Waals surface area contributed by atoms with E-state index < -0.39 is 35.0 Å². The van der Waals surface area contributed by atoms with Crippen LogP contribution in [0.1, 0.15) is 28.8 Å². The zero-order chi connectivity index (χ0) is 22.1. The zero-order valence-electron chi connectivity index (χ0n) is 15.8. The molecule has 1 aromatic heterocycles. The molecule has 0 aliphatic heterocycles. The number of benzene rings is 2. The summed E-state index contributed by atoms with van der Waals surface area (Å²) in [5.74, 6) is -1.21. The minimum absolute atomic E-state index is 0.0874. The number of nitrogens with zero attached hydrogens (tertiary/aromatic N) is 1. The second-order valence-electron chi connectivity index (χ2n) is 6.65. The van der Waals surface area contributed by atoms with Crippen molar-refractivity contribution in [3.05, 3.63) is 59.7 Å². The highest BCUT2D eigenvalue weighted by Gasteiger charge is 2.31. The summed E-state index contributed by atoms with van der Waals surface area (Å²) in [6, 6.07) is 11.9. The Hall–Kier alpha value is -2.59. The summed E-state index contributed by atoms with van der Waals surface area (Å²) in [6.07, 6.45) is -5.90. The highest BCUT2D eigenvalue weighted by molar-refractivity contribution is 7.93. The van der Waals surface area contributed by atoms with Crippen LogP contribution in [0.3, 0.4) is 0 Å². The van der Waals surface area contributed by atoms with Gasteiger partial charge in [-0.25, -0.2) is 13.2 Å². The van der Waals surface area contributed by atoms with Crippen LogP contribution in [0.5, 0.6) is 0 Å². The Bertz CT molecular complexity index is 1170. The molecule has 3 aromatic rings. The summed E-state index contributed by atoms with van der Waals surface area (Å²) in [6.45, 7) is 1.38. The van der Waals surface area contributed by atoms with Crippen molar-refractivity contribution >= 4 is 42.4 Å². The number of aryl methyl sites for hydroxylation is 1. The van der Waals surface area contributed by atoms with Crippen molar-refractivity contribution in [1.29, 1.82) is 0 Å². The van der Waals surface area contributed by atoms with E-state index >= 15 is 0 Å². The zero-order valence-corrected chi connectivity index (χ0v) is 17.4. The number of carboxylic acid groups (broad SMARTS) is 1. The molecule has 3 rings (SSSR count). The molecule has 0 bridgehead atoms. The van der Waals surface area contributed by atoms with Crippen LogP contribution in [-0.4, -0.2) is 32.2 Å². The third-order valence-corrected chi connectivity index (χ3v) is 7.78. The van der Waals surface area contributed by atoms with Gasteiger partial charge in [0.1, 0.15) is 5.00 Å². The summed E-state index contributed by atoms with van der Waals surface area (Å²) >= 11 is 1.19. The smallest absolute Gasteiger partial charge is 0.389 e. The Kier molecular flexibility index (Phi) is 6.09. The van der Waals surface area contributed by atoms with Crippen molar-refractivity contribution < 1.29 is 31.5 Å². The summed E-state index contributed by atoms with van der Waals surface area (Å²) < 4.78 is 66.4. The van der Waals surface area contributed by atoms with Gasteiger partial charge < -0.3 is 5.11 Å². The van der Waals surface area contributed by atoms with Gasteiger partial charge in [-0.2, -0.15) is 13.2 Å². The summed E-state index contributed by atoms with van der Waals surface area (Å²) in [7, 11) is -4.20. The van der Waals surface area contributed by atoms with Crippen LogP contribution in [0.15, 0.2) is 53.4 Å². The number of sulfonamides is 1. The lowest BCUT2D eigenvalue weighted by atomic mass is 10.2. The molecule has 5 nitrogen and oxygen atoms in total. The molecular formula is C20H18F3NO4S2. The molecule has 10 heteroatoms. The molecule has 0 radical (unpaired) electrons. The molecule has 0 spiro atoms. The van der Waals surface area contributed by atoms with Gasteiger partial charge in [-0.15, -0.1) is 11.3 Å². The molecule has 0 atom stereocenters. The van der Waals surface area contributed by atoms with Crippen LogP contribution >= 0.6 is 11.3 Å². The van der Waals surface area contributed by atoms with Crippen molar-refractivity contribution in [3.63, 3.8) is 0 Å². The van der Waals surface area contributed by atoms with Crippen LogP contribution in [0, 0.1) is 6.92 Å². The fourth-order valence-electron chi connectivity index (χ4n) is 3.05. The molecule has 160 valence electrons. The Balaban J connectivity index is 2.05. The highest BCUT2D eigenvalue weighted by atomic mass is 32.2. The number of rotatable bonds is 7. The standard InChI is InChI=1S/C20H18F3NO4S2/c1-13-16-5-2-3-6-17(16)29-18(13)24(12-4-11-20(21,22)23)30(27,28)15-9-7-14(8-10-15)19(25)26/h2-3,5-10H,4,11-12H2,1H3,(H,25,26). The van der Waals surface area contributed by atoms with Crippen molar-refractivity contribution in [2.45, 2.75) is 30.8 Å². The van der Waals surface area contributed by atoms with Crippen LogP contribution in [-0.2, 0) is 10.0 Å². The third-order valence-electron chi connectivity index (χ3n) is 4.56. The number of carbonyl (C=O) groups is 1. The second kappa shape index (κ2) is 8.27. The molecule has 0 saturated heterocycles. The van der Waals surface area contributed by atoms with Gasteiger partial charge in [-0.05, 0) is 54.6 Å². The van der Waals surface area contributed by atoms with E-state index in [1.54, 1.807) is 19.1 Å². The first-order valence-electron chi connectivity index (χ1n) is 8.92. The normalized spacial score (nSPS) is 12.3. The predicted octanol–water partition coefficient (Wildman–Crippen LogP) is 5.45. The van der Waals surface area contributed by atoms with Crippen molar-refractivity contribution in [2.24, 2.45) is 0 Å². The lowest BCUT2D eigenvalue weighted by Crippen LogP contribution is -2.32. The second-order valence-corrected chi connectivity index (χ2v) is 9.55. The molecule has 0 fully saturated rings. The van der Waals surface area contributed by atoms with Crippen LogP contribution in [0.25, 0.3) is 10.1 Å². The molecule has 1 heterocycles. The summed E-state index contributed by atoms with van der Waals surface area (Å²) in [5.41, 5.74) is 0.573. The van der Waals surface area contributed by atoms with Gasteiger partial charge in [0.25, 0.3) is 10.0 Å². The lowest BCUT2D eigenvalue weighted by molar-refractivity contribution is -0.134. The number of aromatic carboxylic acids is 1. The van der Waals surface area contributed by atoms with E-state index in [2.05, 4.69) is 0 Å². The molecule has 2 aromatic carbocycles. The Morgan fingerprint density at radius 2 is 1.73 bits per heavy atom. The number of halogens is 3. The number of fused-ring (bicyclic) bond motifs is 1. The number of carboxylic acids is 1. The number of thiophene rings is 1. The topological polar surface area (TPSA) is 74.7 Å². The summed E-state index contributed by atoms with van der Waals surface area (Å²) in [5, 5.41) is 10.2. The first-order chi connectivity index (χ1) is 14.0. The van der Waals surface area contributed by atoms with E-state index in [-0.39, 0.29) is 17.0 Å². The van der Waals surface area contributed by atoms with Crippen molar-refractivity contribution in [2.75, 3.05) is 10.8 Å². The molecule has 0 aliphatic carbocycles. The average Bonchev–Trinajstić information content (AvgIpc) is 3.01. The highest BCUT2D eigenvalue weighted by Crippen LogP contribution is 2.40. The largest absolute Gasteiger partial charge is 0.478 e. The summed E-state index contributed by atoms with van der Waals surface area (Å²) in [4.78, 5) is 10.8. The molecule has 0 unspecified atom stereocenters. The SMILES string of the molecule is Cc1c(N(CCCC(F)(F)F)S(=O)(=O)c2ccc(C(=O)O)cc2)sc2ccccc12. The van der Waals surface area contributed by atoms with Gasteiger partial charge in [-0.1, -0.05) is 18.2 Å². The van der Waals surface area contributed by atoms with Crippen LogP contribution in [0.2, 0.25) is 0 Å². The molecule has 0 saturated carbocycles. The molecule has 1 N–H and O–H groups in total. The van der Waals surface area contributed by atoms with E-state index in [4.69, 9.17) is 5.11 Å². The van der Waals surface area contributed by atoms with Crippen molar-refractivity contribution in [1.82, 2.24) is 0 Å². The third kappa shape index (κ3) is 4.59. The van der Waals surface area contributed by atoms with Gasteiger partial charge in [0.15, 0.2) is 0 Å². The van der Waals surface area contributed by atoms with E-state index in [9.17, 15) is 26.4 Å². The minimum atomic E-state index is -4.40. The van der Waals surface area contributed by atoms with Crippen molar-refractivity contribution in [3.8, 4) is 0 Å². The lowest BCUT2D eigenvalue weighted by Gasteiger charge is -2.24. The van der Waals surface area contributed by atoms with E-state index in [0.717, 1.165) is 38.7 Å². The molecule has 0 aliphatic rings. The number of anilines is 1. The molecule has 0 amide bonds. The number of hydrogen-bond acceptors (Lipinski definition) is 4. The molecule has 30 heavy (non-hydrogen) atoms. The Labute approximate surface area is 175 Å². The van der Waals surface area contributed by atoms with Gasteiger partial charge in [-0.3, -0.25) is 4.31 Å². The Morgan fingerprint density at radius 1 is 1.10 bits per heavy atom. The van der Waals surface area contributed by atoms with E-state index in [1.807, 2.05) is 12.1 Å². The van der Waals surface area contributed by atoms with E-state index in [1.165, 1.54) is 11.3 Å². The fraction of sp³-hybridized carbons (Fsp3) is 0.250. The first kappa shape index (κ1) is 22.1. The maximum atomic E-state index is 13.3. The van der Waals surface area contributed by atoms with Crippen LogP contribution in [0.4, 0.5) is 18.2 Å². The maximum Gasteiger partial charge on any atom is 0.389 e. The van der Waals surface area contributed by atoms with Gasteiger partial charge in [0.2, 0.25) is 0 Å². The maximum absolute atomic E-state index is 13.3. The molecular weight excluding hydrogens is 439 g/mol. The average molecular weight is 457 g/mol. The predicted molar refractivity (Wildman–Crippen MR) is 110 cm³/mol. The van der Waals surface area contributed by atoms with Gasteiger partial charge in [0.05, 0.1) is 10.5 Å². The van der Waals surface area contributed by atoms with Gasteiger partial charge in [0, 0.05) is 17.7 Å². The number of alkyl halides is 3. The first-order valence-corrected chi connectivity index (χ1v) is 11.2. The monoisotopic (exact) mass is 457 g/mol.